The lowest BCUT2D eigenvalue weighted by atomic mass is 9.96. The molecule has 0 aromatic heterocycles. The molecule has 13 heavy (non-hydrogen) atoms. The molecule has 3 atom stereocenters. The van der Waals surface area contributed by atoms with E-state index in [0.29, 0.717) is 12.2 Å². The molecule has 1 heterocycles. The van der Waals surface area contributed by atoms with Gasteiger partial charge < -0.3 is 9.84 Å². The summed E-state index contributed by atoms with van der Waals surface area (Å²) >= 11 is 0. The summed E-state index contributed by atoms with van der Waals surface area (Å²) in [4.78, 5) is 0. The Balaban J connectivity index is 2.04. The average molecular weight is 182 g/mol. The van der Waals surface area contributed by atoms with Gasteiger partial charge in [-0.05, 0) is 31.3 Å². The van der Waals surface area contributed by atoms with Crippen LogP contribution in [0.5, 0.6) is 0 Å². The van der Waals surface area contributed by atoms with E-state index in [4.69, 9.17) is 4.74 Å². The van der Waals surface area contributed by atoms with E-state index >= 15 is 0 Å². The maximum absolute atomic E-state index is 9.62. The SMILES string of the molecule is CCC/C1=C/[C@H](O)CCC[C@H]2O[C@@H]12. The number of ether oxygens (including phenoxy) is 1. The van der Waals surface area contributed by atoms with Crippen LogP contribution in [0.3, 0.4) is 0 Å². The third-order valence-electron chi connectivity index (χ3n) is 2.88. The highest BCUT2D eigenvalue weighted by Crippen LogP contribution is 2.37. The number of fused-ring (bicyclic) bond motifs is 1. The Morgan fingerprint density at radius 3 is 3.15 bits per heavy atom. The van der Waals surface area contributed by atoms with Crippen molar-refractivity contribution in [3.63, 3.8) is 0 Å². The van der Waals surface area contributed by atoms with Crippen LogP contribution in [0, 0.1) is 0 Å². The minimum atomic E-state index is -0.230. The van der Waals surface area contributed by atoms with E-state index in [-0.39, 0.29) is 6.10 Å². The average Bonchev–Trinajstić information content (AvgIpc) is 2.80. The summed E-state index contributed by atoms with van der Waals surface area (Å²) in [6, 6.07) is 0. The normalized spacial score (nSPS) is 42.6. The maximum Gasteiger partial charge on any atom is 0.105 e. The van der Waals surface area contributed by atoms with Crippen molar-refractivity contribution in [1.82, 2.24) is 0 Å². The Hall–Kier alpha value is -0.340. The fourth-order valence-electron chi connectivity index (χ4n) is 2.16. The summed E-state index contributed by atoms with van der Waals surface area (Å²) in [6.45, 7) is 2.17. The zero-order valence-electron chi connectivity index (χ0n) is 8.20. The molecule has 2 nitrogen and oxygen atoms in total. The summed E-state index contributed by atoms with van der Waals surface area (Å²) in [5, 5.41) is 9.62. The molecule has 1 aliphatic heterocycles. The van der Waals surface area contributed by atoms with Crippen molar-refractivity contribution in [3.05, 3.63) is 11.6 Å². The van der Waals surface area contributed by atoms with Crippen LogP contribution in [0.15, 0.2) is 11.6 Å². The first kappa shape index (κ1) is 9.22. The monoisotopic (exact) mass is 182 g/mol. The quantitative estimate of drug-likeness (QED) is 0.523. The zero-order valence-corrected chi connectivity index (χ0v) is 8.20. The molecule has 1 N–H and O–H groups in total. The smallest absolute Gasteiger partial charge is 0.105 e. The highest BCUT2D eigenvalue weighted by Gasteiger charge is 2.41. The topological polar surface area (TPSA) is 32.8 Å². The van der Waals surface area contributed by atoms with Gasteiger partial charge in [-0.1, -0.05) is 19.4 Å². The number of hydrogen-bond acceptors (Lipinski definition) is 2. The van der Waals surface area contributed by atoms with E-state index in [0.717, 1.165) is 32.1 Å². The van der Waals surface area contributed by atoms with Crippen LogP contribution in [-0.2, 0) is 4.74 Å². The van der Waals surface area contributed by atoms with E-state index in [2.05, 4.69) is 6.92 Å². The summed E-state index contributed by atoms with van der Waals surface area (Å²) in [5.41, 5.74) is 1.33. The van der Waals surface area contributed by atoms with Gasteiger partial charge in [0.2, 0.25) is 0 Å². The molecule has 1 saturated heterocycles. The Labute approximate surface area is 79.6 Å². The van der Waals surface area contributed by atoms with Crippen molar-refractivity contribution >= 4 is 0 Å². The molecule has 2 heteroatoms. The summed E-state index contributed by atoms with van der Waals surface area (Å²) < 4.78 is 5.57. The first-order chi connectivity index (χ1) is 6.31. The molecule has 1 fully saturated rings. The van der Waals surface area contributed by atoms with Crippen LogP contribution >= 0.6 is 0 Å². The van der Waals surface area contributed by atoms with Gasteiger partial charge in [0.25, 0.3) is 0 Å². The van der Waals surface area contributed by atoms with Gasteiger partial charge >= 0.3 is 0 Å². The second-order valence-corrected chi connectivity index (χ2v) is 4.08. The summed E-state index contributed by atoms with van der Waals surface area (Å²) in [7, 11) is 0. The highest BCUT2D eigenvalue weighted by atomic mass is 16.6. The predicted molar refractivity (Wildman–Crippen MR) is 51.5 cm³/mol. The van der Waals surface area contributed by atoms with Gasteiger partial charge in [-0.3, -0.25) is 0 Å². The lowest BCUT2D eigenvalue weighted by molar-refractivity contribution is 0.205. The van der Waals surface area contributed by atoms with Crippen LogP contribution in [0.4, 0.5) is 0 Å². The van der Waals surface area contributed by atoms with Crippen LogP contribution in [0.1, 0.15) is 39.0 Å². The molecule has 2 aliphatic rings. The minimum absolute atomic E-state index is 0.230. The maximum atomic E-state index is 9.62. The van der Waals surface area contributed by atoms with Crippen LogP contribution in [0.25, 0.3) is 0 Å². The zero-order chi connectivity index (χ0) is 9.26. The van der Waals surface area contributed by atoms with E-state index in [1.165, 1.54) is 5.57 Å². The molecular formula is C11H18O2. The second-order valence-electron chi connectivity index (χ2n) is 4.08. The Kier molecular flexibility index (Phi) is 2.70. The van der Waals surface area contributed by atoms with Crippen LogP contribution in [0.2, 0.25) is 0 Å². The Bertz CT molecular complexity index is 210. The Morgan fingerprint density at radius 1 is 1.54 bits per heavy atom. The van der Waals surface area contributed by atoms with Gasteiger partial charge in [0.05, 0.1) is 12.2 Å². The molecule has 0 bridgehead atoms. The molecule has 0 radical (unpaired) electrons. The largest absolute Gasteiger partial charge is 0.389 e. The van der Waals surface area contributed by atoms with Gasteiger partial charge in [0.1, 0.15) is 6.10 Å². The first-order valence-corrected chi connectivity index (χ1v) is 5.35. The fraction of sp³-hybridized carbons (Fsp3) is 0.818. The summed E-state index contributed by atoms with van der Waals surface area (Å²) in [6.07, 6.45) is 7.98. The van der Waals surface area contributed by atoms with E-state index in [1.54, 1.807) is 0 Å². The molecule has 1 aliphatic carbocycles. The number of epoxide rings is 1. The lowest BCUT2D eigenvalue weighted by Gasteiger charge is -2.11. The van der Waals surface area contributed by atoms with E-state index in [1.807, 2.05) is 6.08 Å². The molecule has 2 rings (SSSR count). The first-order valence-electron chi connectivity index (χ1n) is 5.35. The molecule has 0 spiro atoms. The van der Waals surface area contributed by atoms with Gasteiger partial charge in [-0.2, -0.15) is 0 Å². The van der Waals surface area contributed by atoms with Crippen molar-refractivity contribution in [2.75, 3.05) is 0 Å². The van der Waals surface area contributed by atoms with Crippen molar-refractivity contribution in [3.8, 4) is 0 Å². The van der Waals surface area contributed by atoms with Crippen molar-refractivity contribution in [2.45, 2.75) is 57.3 Å². The van der Waals surface area contributed by atoms with Crippen molar-refractivity contribution in [2.24, 2.45) is 0 Å². The molecule has 0 amide bonds. The van der Waals surface area contributed by atoms with Crippen LogP contribution < -0.4 is 0 Å². The van der Waals surface area contributed by atoms with Crippen molar-refractivity contribution < 1.29 is 9.84 Å². The van der Waals surface area contributed by atoms with E-state index in [9.17, 15) is 5.11 Å². The molecule has 0 unspecified atom stereocenters. The highest BCUT2D eigenvalue weighted by molar-refractivity contribution is 5.19. The second kappa shape index (κ2) is 3.81. The number of aliphatic hydroxyl groups excluding tert-OH is 1. The summed E-state index contributed by atoms with van der Waals surface area (Å²) in [5.74, 6) is 0. The minimum Gasteiger partial charge on any atom is -0.389 e. The molecular weight excluding hydrogens is 164 g/mol. The molecule has 0 aromatic rings. The van der Waals surface area contributed by atoms with Gasteiger partial charge in [-0.15, -0.1) is 0 Å². The molecule has 74 valence electrons. The third-order valence-corrected chi connectivity index (χ3v) is 2.88. The van der Waals surface area contributed by atoms with Gasteiger partial charge in [0, 0.05) is 0 Å². The molecule has 0 saturated carbocycles. The van der Waals surface area contributed by atoms with Crippen LogP contribution in [-0.4, -0.2) is 23.4 Å². The van der Waals surface area contributed by atoms with Gasteiger partial charge in [-0.25, -0.2) is 0 Å². The lowest BCUT2D eigenvalue weighted by Crippen LogP contribution is -2.11. The van der Waals surface area contributed by atoms with Crippen molar-refractivity contribution in [1.29, 1.82) is 0 Å². The third kappa shape index (κ3) is 2.12. The fourth-order valence-corrected chi connectivity index (χ4v) is 2.16. The van der Waals surface area contributed by atoms with Gasteiger partial charge in [0.15, 0.2) is 0 Å². The molecule has 0 aromatic carbocycles. The number of aliphatic hydroxyl groups is 1. The standard InChI is InChI=1S/C11H18O2/c1-2-4-8-7-9(12)5-3-6-10-11(8)13-10/h7,9-12H,2-6H2,1H3/b8-7-/t9-,10-,11+/m1/s1. The number of rotatable bonds is 2. The Morgan fingerprint density at radius 2 is 2.38 bits per heavy atom. The predicted octanol–water partition coefficient (Wildman–Crippen LogP) is 2.03. The van der Waals surface area contributed by atoms with E-state index < -0.39 is 0 Å². The number of hydrogen-bond donors (Lipinski definition) is 1.